The average molecular weight is 262 g/mol. The summed E-state index contributed by atoms with van der Waals surface area (Å²) in [7, 11) is 0. The molecule has 1 N–H and O–H groups in total. The second kappa shape index (κ2) is 4.07. The normalized spacial score (nSPS) is 10.1. The van der Waals surface area contributed by atoms with E-state index in [1.54, 1.807) is 0 Å². The van der Waals surface area contributed by atoms with Crippen molar-refractivity contribution in [3.8, 4) is 0 Å². The lowest BCUT2D eigenvalue weighted by molar-refractivity contribution is 0.281. The van der Waals surface area contributed by atoms with Crippen molar-refractivity contribution >= 4 is 22.6 Å². The maximum absolute atomic E-state index is 8.88. The van der Waals surface area contributed by atoms with Crippen LogP contribution in [0.4, 0.5) is 0 Å². The number of rotatable bonds is 2. The maximum Gasteiger partial charge on any atom is 0.0692 e. The standard InChI is InChI=1S/C9H11IO/c1-2-7-3-4-8(6-11)9(10)5-7/h3-5,11H,2,6H2,1H3. The van der Waals surface area contributed by atoms with E-state index in [-0.39, 0.29) is 6.61 Å². The molecular formula is C9H11IO. The topological polar surface area (TPSA) is 20.2 Å². The van der Waals surface area contributed by atoms with Crippen LogP contribution in [0.25, 0.3) is 0 Å². The van der Waals surface area contributed by atoms with Crippen LogP contribution >= 0.6 is 22.6 Å². The van der Waals surface area contributed by atoms with Crippen molar-refractivity contribution < 1.29 is 5.11 Å². The SMILES string of the molecule is CCc1ccc(CO)c(I)c1. The van der Waals surface area contributed by atoms with Crippen LogP contribution in [0.5, 0.6) is 0 Å². The summed E-state index contributed by atoms with van der Waals surface area (Å²) in [6.07, 6.45) is 1.06. The molecule has 0 bridgehead atoms. The van der Waals surface area contributed by atoms with Gasteiger partial charge in [0.15, 0.2) is 0 Å². The Morgan fingerprint density at radius 3 is 2.64 bits per heavy atom. The Balaban J connectivity index is 2.99. The Labute approximate surface area is 80.6 Å². The molecule has 2 heteroatoms. The van der Waals surface area contributed by atoms with E-state index in [9.17, 15) is 0 Å². The van der Waals surface area contributed by atoms with Crippen molar-refractivity contribution in [2.75, 3.05) is 0 Å². The van der Waals surface area contributed by atoms with Gasteiger partial charge in [0.05, 0.1) is 6.61 Å². The Bertz CT molecular complexity index is 245. The third kappa shape index (κ3) is 2.17. The quantitative estimate of drug-likeness (QED) is 0.811. The highest BCUT2D eigenvalue weighted by Gasteiger charge is 1.97. The smallest absolute Gasteiger partial charge is 0.0692 e. The molecule has 1 rings (SSSR count). The Morgan fingerprint density at radius 1 is 1.45 bits per heavy atom. The van der Waals surface area contributed by atoms with Gasteiger partial charge in [-0.1, -0.05) is 19.1 Å². The predicted molar refractivity (Wildman–Crippen MR) is 54.5 cm³/mol. The Hall–Kier alpha value is -0.0900. The van der Waals surface area contributed by atoms with E-state index in [1.165, 1.54) is 5.56 Å². The molecule has 0 saturated carbocycles. The van der Waals surface area contributed by atoms with Crippen LogP contribution in [0, 0.1) is 3.57 Å². The van der Waals surface area contributed by atoms with Gasteiger partial charge in [0.25, 0.3) is 0 Å². The fourth-order valence-electron chi connectivity index (χ4n) is 0.939. The van der Waals surface area contributed by atoms with Crippen LogP contribution in [0.2, 0.25) is 0 Å². The number of hydrogen-bond acceptors (Lipinski definition) is 1. The van der Waals surface area contributed by atoms with Crippen molar-refractivity contribution in [1.82, 2.24) is 0 Å². The molecule has 1 aromatic carbocycles. The molecule has 0 unspecified atom stereocenters. The van der Waals surface area contributed by atoms with E-state index in [2.05, 4.69) is 41.6 Å². The number of aliphatic hydroxyl groups is 1. The zero-order valence-corrected chi connectivity index (χ0v) is 8.63. The molecule has 0 aliphatic carbocycles. The lowest BCUT2D eigenvalue weighted by Crippen LogP contribution is -1.89. The summed E-state index contributed by atoms with van der Waals surface area (Å²) in [6.45, 7) is 2.27. The van der Waals surface area contributed by atoms with Gasteiger partial charge in [0, 0.05) is 3.57 Å². The number of aryl methyl sites for hydroxylation is 1. The first-order valence-corrected chi connectivity index (χ1v) is 4.74. The number of hydrogen-bond donors (Lipinski definition) is 1. The first-order valence-electron chi connectivity index (χ1n) is 3.66. The summed E-state index contributed by atoms with van der Waals surface area (Å²) >= 11 is 2.25. The third-order valence-corrected chi connectivity index (χ3v) is 2.70. The highest BCUT2D eigenvalue weighted by Crippen LogP contribution is 2.14. The van der Waals surface area contributed by atoms with E-state index in [1.807, 2.05) is 6.07 Å². The van der Waals surface area contributed by atoms with Crippen molar-refractivity contribution in [3.63, 3.8) is 0 Å². The van der Waals surface area contributed by atoms with E-state index < -0.39 is 0 Å². The molecule has 0 fully saturated rings. The second-order valence-corrected chi connectivity index (χ2v) is 3.60. The lowest BCUT2D eigenvalue weighted by atomic mass is 10.1. The zero-order chi connectivity index (χ0) is 8.27. The molecular weight excluding hydrogens is 251 g/mol. The van der Waals surface area contributed by atoms with Gasteiger partial charge in [-0.2, -0.15) is 0 Å². The zero-order valence-electron chi connectivity index (χ0n) is 6.47. The maximum atomic E-state index is 8.88. The Kier molecular flexibility index (Phi) is 3.33. The molecule has 0 saturated heterocycles. The van der Waals surface area contributed by atoms with Crippen molar-refractivity contribution in [2.45, 2.75) is 20.0 Å². The summed E-state index contributed by atoms with van der Waals surface area (Å²) in [5.74, 6) is 0. The Morgan fingerprint density at radius 2 is 2.18 bits per heavy atom. The van der Waals surface area contributed by atoms with Crippen molar-refractivity contribution in [3.05, 3.63) is 32.9 Å². The third-order valence-electron chi connectivity index (χ3n) is 1.70. The minimum absolute atomic E-state index is 0.141. The molecule has 0 amide bonds. The summed E-state index contributed by atoms with van der Waals surface area (Å²) < 4.78 is 1.16. The summed E-state index contributed by atoms with van der Waals surface area (Å²) in [5.41, 5.74) is 2.34. The predicted octanol–water partition coefficient (Wildman–Crippen LogP) is 2.35. The van der Waals surface area contributed by atoms with Crippen LogP contribution in [0.3, 0.4) is 0 Å². The molecule has 0 radical (unpaired) electrons. The molecule has 0 aliphatic rings. The van der Waals surface area contributed by atoms with Crippen molar-refractivity contribution in [2.24, 2.45) is 0 Å². The van der Waals surface area contributed by atoms with Crippen molar-refractivity contribution in [1.29, 1.82) is 0 Å². The van der Waals surface area contributed by atoms with Gasteiger partial charge in [0.2, 0.25) is 0 Å². The van der Waals surface area contributed by atoms with Gasteiger partial charge >= 0.3 is 0 Å². The van der Waals surface area contributed by atoms with Gasteiger partial charge in [-0.05, 0) is 46.2 Å². The molecule has 1 nitrogen and oxygen atoms in total. The average Bonchev–Trinajstić information content (AvgIpc) is 2.04. The van der Waals surface area contributed by atoms with E-state index in [0.29, 0.717) is 0 Å². The minimum atomic E-state index is 0.141. The molecule has 0 atom stereocenters. The van der Waals surface area contributed by atoms with Crippen LogP contribution in [-0.4, -0.2) is 5.11 Å². The summed E-state index contributed by atoms with van der Waals surface area (Å²) in [5, 5.41) is 8.88. The monoisotopic (exact) mass is 262 g/mol. The number of halogens is 1. The molecule has 0 spiro atoms. The molecule has 0 heterocycles. The van der Waals surface area contributed by atoms with Gasteiger partial charge in [0.1, 0.15) is 0 Å². The summed E-state index contributed by atoms with van der Waals surface area (Å²) in [6, 6.07) is 6.17. The minimum Gasteiger partial charge on any atom is -0.392 e. The van der Waals surface area contributed by atoms with Crippen LogP contribution in [-0.2, 0) is 13.0 Å². The second-order valence-electron chi connectivity index (χ2n) is 2.44. The number of benzene rings is 1. The van der Waals surface area contributed by atoms with Crippen LogP contribution in [0.1, 0.15) is 18.1 Å². The fourth-order valence-corrected chi connectivity index (χ4v) is 1.69. The highest BCUT2D eigenvalue weighted by molar-refractivity contribution is 14.1. The molecule has 0 aliphatic heterocycles. The van der Waals surface area contributed by atoms with Gasteiger partial charge < -0.3 is 5.11 Å². The van der Waals surface area contributed by atoms with E-state index >= 15 is 0 Å². The molecule has 0 aromatic heterocycles. The van der Waals surface area contributed by atoms with Crippen LogP contribution in [0.15, 0.2) is 18.2 Å². The van der Waals surface area contributed by atoms with E-state index in [0.717, 1.165) is 15.6 Å². The largest absolute Gasteiger partial charge is 0.392 e. The van der Waals surface area contributed by atoms with E-state index in [4.69, 9.17) is 5.11 Å². The summed E-state index contributed by atoms with van der Waals surface area (Å²) in [4.78, 5) is 0. The van der Waals surface area contributed by atoms with Gasteiger partial charge in [-0.3, -0.25) is 0 Å². The highest BCUT2D eigenvalue weighted by atomic mass is 127. The fraction of sp³-hybridized carbons (Fsp3) is 0.333. The van der Waals surface area contributed by atoms with Crippen LogP contribution < -0.4 is 0 Å². The lowest BCUT2D eigenvalue weighted by Gasteiger charge is -2.02. The first-order chi connectivity index (χ1) is 5.27. The molecule has 60 valence electrons. The first kappa shape index (κ1) is 9.00. The van der Waals surface area contributed by atoms with Gasteiger partial charge in [-0.15, -0.1) is 0 Å². The number of aliphatic hydroxyl groups excluding tert-OH is 1. The van der Waals surface area contributed by atoms with Gasteiger partial charge in [-0.25, -0.2) is 0 Å². The molecule has 1 aromatic rings. The molecule has 11 heavy (non-hydrogen) atoms.